The van der Waals surface area contributed by atoms with Crippen LogP contribution in [0.2, 0.25) is 0 Å². The Balaban J connectivity index is 1.90. The van der Waals surface area contributed by atoms with Crippen LogP contribution in [0.25, 0.3) is 28.4 Å². The lowest BCUT2D eigenvalue weighted by Gasteiger charge is -2.13. The van der Waals surface area contributed by atoms with Gasteiger partial charge < -0.3 is 13.9 Å². The molecule has 0 atom stereocenters. The molecule has 0 spiro atoms. The summed E-state index contributed by atoms with van der Waals surface area (Å²) in [6, 6.07) is 19.9. The Hall–Kier alpha value is -4.38. The third kappa shape index (κ3) is 4.55. The molecule has 4 aromatic rings. The van der Waals surface area contributed by atoms with Crippen molar-refractivity contribution in [1.29, 1.82) is 0 Å². The number of ketones is 1. The van der Waals surface area contributed by atoms with Gasteiger partial charge >= 0.3 is 0 Å². The van der Waals surface area contributed by atoms with Crippen LogP contribution >= 0.6 is 0 Å². The Morgan fingerprint density at radius 3 is 2.59 bits per heavy atom. The van der Waals surface area contributed by atoms with Crippen LogP contribution in [0.3, 0.4) is 0 Å². The van der Waals surface area contributed by atoms with E-state index in [2.05, 4.69) is 6.58 Å². The van der Waals surface area contributed by atoms with E-state index in [0.717, 1.165) is 11.1 Å². The minimum absolute atomic E-state index is 0.188. The molecule has 0 fully saturated rings. The van der Waals surface area contributed by atoms with E-state index in [9.17, 15) is 9.59 Å². The van der Waals surface area contributed by atoms with Crippen LogP contribution in [0.15, 0.2) is 94.7 Å². The molecule has 0 saturated carbocycles. The number of ether oxygens (including phenoxy) is 2. The van der Waals surface area contributed by atoms with E-state index in [0.29, 0.717) is 28.2 Å². The predicted molar refractivity (Wildman–Crippen MR) is 135 cm³/mol. The molecule has 0 aliphatic carbocycles. The molecule has 0 unspecified atom stereocenters. The Kier molecular flexibility index (Phi) is 6.74. The first-order valence-corrected chi connectivity index (χ1v) is 10.8. The van der Waals surface area contributed by atoms with Gasteiger partial charge in [-0.05, 0) is 42.8 Å². The van der Waals surface area contributed by atoms with Crippen molar-refractivity contribution in [2.75, 3.05) is 13.7 Å². The van der Waals surface area contributed by atoms with Crippen LogP contribution in [0, 0.1) is 6.92 Å². The zero-order valence-corrected chi connectivity index (χ0v) is 19.0. The third-order valence-electron chi connectivity index (χ3n) is 5.41. The van der Waals surface area contributed by atoms with Gasteiger partial charge in [-0.2, -0.15) is 0 Å². The van der Waals surface area contributed by atoms with Gasteiger partial charge in [-0.25, -0.2) is 0 Å². The summed E-state index contributed by atoms with van der Waals surface area (Å²) in [5.74, 6) is 1.07. The van der Waals surface area contributed by atoms with Crippen molar-refractivity contribution in [3.63, 3.8) is 0 Å². The van der Waals surface area contributed by atoms with Crippen LogP contribution in [-0.4, -0.2) is 19.5 Å². The van der Waals surface area contributed by atoms with Gasteiger partial charge in [0.15, 0.2) is 16.8 Å². The monoisotopic (exact) mass is 452 g/mol. The first-order valence-electron chi connectivity index (χ1n) is 10.8. The molecule has 4 rings (SSSR count). The fourth-order valence-electron chi connectivity index (χ4n) is 3.70. The smallest absolute Gasteiger partial charge is 0.196 e. The number of hydrogen-bond acceptors (Lipinski definition) is 5. The molecule has 34 heavy (non-hydrogen) atoms. The summed E-state index contributed by atoms with van der Waals surface area (Å²) in [4.78, 5) is 26.6. The molecule has 1 heterocycles. The Morgan fingerprint density at radius 1 is 1.06 bits per heavy atom. The van der Waals surface area contributed by atoms with Crippen molar-refractivity contribution in [2.24, 2.45) is 0 Å². The van der Waals surface area contributed by atoms with Crippen LogP contribution in [0.1, 0.15) is 21.5 Å². The molecule has 0 saturated heterocycles. The number of benzene rings is 3. The zero-order chi connectivity index (χ0) is 24.1. The van der Waals surface area contributed by atoms with Crippen LogP contribution < -0.4 is 14.9 Å². The summed E-state index contributed by atoms with van der Waals surface area (Å²) in [5, 5.41) is 0.321. The van der Waals surface area contributed by atoms with Gasteiger partial charge in [0.05, 0.1) is 12.5 Å². The number of allylic oxidation sites excluding steroid dienone is 1. The largest absolute Gasteiger partial charge is 0.497 e. The average molecular weight is 453 g/mol. The summed E-state index contributed by atoms with van der Waals surface area (Å²) < 4.78 is 17.3. The fourth-order valence-corrected chi connectivity index (χ4v) is 3.70. The molecule has 0 bridgehead atoms. The Bertz CT molecular complexity index is 1450. The summed E-state index contributed by atoms with van der Waals surface area (Å²) >= 11 is 0. The van der Waals surface area contributed by atoms with Crippen molar-refractivity contribution < 1.29 is 18.7 Å². The van der Waals surface area contributed by atoms with E-state index < -0.39 is 0 Å². The van der Waals surface area contributed by atoms with Crippen molar-refractivity contribution in [3.8, 4) is 22.8 Å². The average Bonchev–Trinajstić information content (AvgIpc) is 2.88. The number of carbonyl (C=O) groups excluding carboxylic acids is 1. The molecule has 1 aromatic heterocycles. The molecule has 0 aliphatic rings. The van der Waals surface area contributed by atoms with Crippen LogP contribution in [0.5, 0.6) is 11.5 Å². The number of carbonyl (C=O) groups is 1. The topological polar surface area (TPSA) is 65.7 Å². The van der Waals surface area contributed by atoms with Gasteiger partial charge in [0.2, 0.25) is 0 Å². The summed E-state index contributed by atoms with van der Waals surface area (Å²) in [5.41, 5.74) is 2.21. The van der Waals surface area contributed by atoms with E-state index in [-0.39, 0.29) is 29.0 Å². The number of rotatable bonds is 8. The van der Waals surface area contributed by atoms with Crippen molar-refractivity contribution >= 4 is 22.8 Å². The normalized spacial score (nSPS) is 11.0. The molecule has 0 N–H and O–H groups in total. The second kappa shape index (κ2) is 10.0. The third-order valence-corrected chi connectivity index (χ3v) is 5.41. The van der Waals surface area contributed by atoms with Crippen LogP contribution in [0.4, 0.5) is 0 Å². The van der Waals surface area contributed by atoms with Gasteiger partial charge in [-0.15, -0.1) is 0 Å². The summed E-state index contributed by atoms with van der Waals surface area (Å²) in [6.07, 6.45) is 4.71. The highest BCUT2D eigenvalue weighted by Gasteiger charge is 2.21. The lowest BCUT2D eigenvalue weighted by atomic mass is 10.0. The van der Waals surface area contributed by atoms with E-state index in [1.807, 2.05) is 54.6 Å². The molecule has 5 nitrogen and oxygen atoms in total. The highest BCUT2D eigenvalue weighted by atomic mass is 16.5. The Labute approximate surface area is 197 Å². The number of methoxy groups -OCH3 is 1. The lowest BCUT2D eigenvalue weighted by Crippen LogP contribution is -2.11. The van der Waals surface area contributed by atoms with Crippen molar-refractivity contribution in [2.45, 2.75) is 6.92 Å². The van der Waals surface area contributed by atoms with Crippen molar-refractivity contribution in [3.05, 3.63) is 112 Å². The van der Waals surface area contributed by atoms with E-state index >= 15 is 0 Å². The zero-order valence-electron chi connectivity index (χ0n) is 19.0. The fraction of sp³-hybridized carbons (Fsp3) is 0.103. The molecule has 3 aromatic carbocycles. The minimum Gasteiger partial charge on any atom is -0.497 e. The maximum Gasteiger partial charge on any atom is 0.196 e. The second-order valence-electron chi connectivity index (χ2n) is 7.64. The molecular weight excluding hydrogens is 428 g/mol. The van der Waals surface area contributed by atoms with Crippen molar-refractivity contribution in [1.82, 2.24) is 0 Å². The first-order chi connectivity index (χ1) is 16.5. The minimum atomic E-state index is -0.349. The van der Waals surface area contributed by atoms with Crippen LogP contribution in [-0.2, 0) is 0 Å². The van der Waals surface area contributed by atoms with Gasteiger partial charge in [-0.1, -0.05) is 61.2 Å². The Morgan fingerprint density at radius 2 is 1.85 bits per heavy atom. The maximum atomic E-state index is 13.4. The standard InChI is InChI=1S/C29H24O5/c1-4-17-33-25-16-14-23-27(31)19(2)28(21-10-6-5-7-11-21)34-29(23)26(25)24(30)15-13-20-9-8-12-22(18-20)32-3/h4-16,18H,1,17H2,2-3H3. The van der Waals surface area contributed by atoms with E-state index in [1.54, 1.807) is 38.3 Å². The van der Waals surface area contributed by atoms with Gasteiger partial charge in [0, 0.05) is 11.1 Å². The SMILES string of the molecule is C=CCOc1ccc2c(=O)c(C)c(-c3ccccc3)oc2c1C(=O)C=Cc1cccc(OC)c1. The second-order valence-corrected chi connectivity index (χ2v) is 7.64. The summed E-state index contributed by atoms with van der Waals surface area (Å²) in [6.45, 7) is 5.60. The molecule has 0 radical (unpaired) electrons. The van der Waals surface area contributed by atoms with Gasteiger partial charge in [-0.3, -0.25) is 9.59 Å². The molecule has 0 aliphatic heterocycles. The molecular formula is C29H24O5. The van der Waals surface area contributed by atoms with E-state index in [4.69, 9.17) is 13.9 Å². The lowest BCUT2D eigenvalue weighted by molar-refractivity contribution is 0.104. The van der Waals surface area contributed by atoms with E-state index in [1.165, 1.54) is 6.08 Å². The number of hydrogen-bond donors (Lipinski definition) is 0. The predicted octanol–water partition coefficient (Wildman–Crippen LogP) is 6.24. The van der Waals surface area contributed by atoms with Gasteiger partial charge in [0.25, 0.3) is 0 Å². The molecule has 170 valence electrons. The molecule has 0 amide bonds. The first kappa shape index (κ1) is 22.8. The highest BCUT2D eigenvalue weighted by molar-refractivity contribution is 6.15. The molecule has 5 heteroatoms. The maximum absolute atomic E-state index is 13.4. The summed E-state index contributed by atoms with van der Waals surface area (Å²) in [7, 11) is 1.58. The number of fused-ring (bicyclic) bond motifs is 1. The quantitative estimate of drug-likeness (QED) is 0.180. The highest BCUT2D eigenvalue weighted by Crippen LogP contribution is 2.32. The van der Waals surface area contributed by atoms with Gasteiger partial charge in [0.1, 0.15) is 29.4 Å².